The van der Waals surface area contributed by atoms with Crippen LogP contribution < -0.4 is 10.6 Å². The van der Waals surface area contributed by atoms with Crippen LogP contribution in [0.3, 0.4) is 0 Å². The number of halogens is 5. The second-order valence-corrected chi connectivity index (χ2v) is 5.37. The van der Waals surface area contributed by atoms with Gasteiger partial charge in [-0.15, -0.1) is 23.2 Å². The van der Waals surface area contributed by atoms with Crippen molar-refractivity contribution in [2.24, 2.45) is 0 Å². The van der Waals surface area contributed by atoms with Crippen molar-refractivity contribution in [1.29, 1.82) is 0 Å². The molecule has 1 aromatic carbocycles. The Balaban J connectivity index is 2.73. The minimum Gasteiger partial charge on any atom is -0.306 e. The van der Waals surface area contributed by atoms with Gasteiger partial charge in [0.15, 0.2) is 0 Å². The van der Waals surface area contributed by atoms with Crippen molar-refractivity contribution in [1.82, 2.24) is 5.32 Å². The summed E-state index contributed by atoms with van der Waals surface area (Å²) < 4.78 is 0. The lowest BCUT2D eigenvalue weighted by atomic mass is 10.3. The van der Waals surface area contributed by atoms with E-state index in [-0.39, 0.29) is 26.6 Å². The fraction of sp³-hybridized carbons (Fsp3) is 0.200. The van der Waals surface area contributed by atoms with E-state index < -0.39 is 17.3 Å². The van der Waals surface area contributed by atoms with Crippen LogP contribution in [0, 0.1) is 0 Å². The number of hydrogen-bond acceptors (Lipinski definition) is 2. The molecule has 2 N–H and O–H groups in total. The van der Waals surface area contributed by atoms with Crippen molar-refractivity contribution in [2.75, 3.05) is 11.2 Å². The Morgan fingerprint density at radius 1 is 1.11 bits per heavy atom. The predicted octanol–water partition coefficient (Wildman–Crippen LogP) is 4.14. The van der Waals surface area contributed by atoms with Gasteiger partial charge in [-0.1, -0.05) is 34.8 Å². The van der Waals surface area contributed by atoms with Gasteiger partial charge in [-0.25, -0.2) is 4.79 Å². The van der Waals surface area contributed by atoms with Crippen LogP contribution in [0.4, 0.5) is 10.5 Å². The fourth-order valence-electron chi connectivity index (χ4n) is 1.03. The molecule has 0 saturated carbocycles. The van der Waals surface area contributed by atoms with Crippen molar-refractivity contribution in [3.8, 4) is 0 Å². The number of amides is 3. The zero-order chi connectivity index (χ0) is 14.6. The lowest BCUT2D eigenvalue weighted by Crippen LogP contribution is -2.39. The summed E-state index contributed by atoms with van der Waals surface area (Å²) in [6, 6.07) is 1.92. The summed E-state index contributed by atoms with van der Waals surface area (Å²) in [5, 5.41) is 3.97. The Hall–Kier alpha value is -0.390. The molecule has 0 aromatic heterocycles. The van der Waals surface area contributed by atoms with Gasteiger partial charge in [-0.2, -0.15) is 0 Å². The van der Waals surface area contributed by atoms with Crippen molar-refractivity contribution >= 4 is 75.6 Å². The lowest BCUT2D eigenvalue weighted by molar-refractivity contribution is -0.119. The summed E-state index contributed by atoms with van der Waals surface area (Å²) in [6.45, 7) is 0. The number of benzene rings is 1. The van der Waals surface area contributed by atoms with E-state index in [0.717, 1.165) is 0 Å². The highest BCUT2D eigenvalue weighted by Crippen LogP contribution is 2.32. The first-order valence-electron chi connectivity index (χ1n) is 4.81. The van der Waals surface area contributed by atoms with Gasteiger partial charge >= 0.3 is 6.03 Å². The molecule has 0 heterocycles. The van der Waals surface area contributed by atoms with Crippen molar-refractivity contribution in [3.63, 3.8) is 0 Å². The third-order valence-electron chi connectivity index (χ3n) is 1.91. The molecule has 0 aliphatic heterocycles. The second kappa shape index (κ2) is 7.41. The first-order chi connectivity index (χ1) is 8.85. The van der Waals surface area contributed by atoms with Gasteiger partial charge in [-0.3, -0.25) is 10.1 Å². The third-order valence-corrected chi connectivity index (χ3v) is 3.77. The summed E-state index contributed by atoms with van der Waals surface area (Å²) in [6.07, 6.45) is 0. The monoisotopic (exact) mass is 362 g/mol. The van der Waals surface area contributed by atoms with E-state index >= 15 is 0 Å². The van der Waals surface area contributed by atoms with Gasteiger partial charge in [0, 0.05) is 5.88 Å². The van der Waals surface area contributed by atoms with E-state index in [1.807, 2.05) is 5.32 Å². The zero-order valence-corrected chi connectivity index (χ0v) is 12.9. The maximum absolute atomic E-state index is 11.5. The number of anilines is 1. The van der Waals surface area contributed by atoms with Crippen molar-refractivity contribution in [3.05, 3.63) is 27.2 Å². The maximum atomic E-state index is 11.5. The Kier molecular flexibility index (Phi) is 6.50. The molecule has 0 radical (unpaired) electrons. The third kappa shape index (κ3) is 4.89. The number of hydrogen-bond donors (Lipinski definition) is 2. The fourth-order valence-corrected chi connectivity index (χ4v) is 1.82. The number of nitrogens with one attached hydrogen (secondary N) is 2. The van der Waals surface area contributed by atoms with Gasteiger partial charge in [-0.05, 0) is 12.1 Å². The summed E-state index contributed by atoms with van der Waals surface area (Å²) in [4.78, 5) is 22.8. The summed E-state index contributed by atoms with van der Waals surface area (Å²) in [5.41, 5.74) is 0.207. The van der Waals surface area contributed by atoms with Crippen LogP contribution in [-0.2, 0) is 4.79 Å². The summed E-state index contributed by atoms with van der Waals surface area (Å²) in [7, 11) is 0. The average Bonchev–Trinajstić information content (AvgIpc) is 2.34. The molecule has 0 aliphatic carbocycles. The number of urea groups is 1. The van der Waals surface area contributed by atoms with Crippen LogP contribution in [0.25, 0.3) is 0 Å². The molecule has 0 bridgehead atoms. The topological polar surface area (TPSA) is 58.2 Å². The van der Waals surface area contributed by atoms with Crippen LogP contribution in [0.1, 0.15) is 0 Å². The average molecular weight is 364 g/mol. The maximum Gasteiger partial charge on any atom is 0.325 e. The van der Waals surface area contributed by atoms with Crippen molar-refractivity contribution < 1.29 is 9.59 Å². The molecular formula is C10H7Cl5N2O2. The standard InChI is InChI=1S/C10H7Cl5N2O2/c11-3-7(15)9(18)17-10(19)16-8-2-5(13)4(12)1-6(8)14/h1-2,7H,3H2,(H2,16,17,18,19). The molecule has 4 nitrogen and oxygen atoms in total. The summed E-state index contributed by atoms with van der Waals surface area (Å²) >= 11 is 28.3. The van der Waals surface area contributed by atoms with E-state index in [1.54, 1.807) is 0 Å². The first kappa shape index (κ1) is 16.7. The van der Waals surface area contributed by atoms with Crippen LogP contribution in [0.2, 0.25) is 15.1 Å². The molecule has 3 amide bonds. The van der Waals surface area contributed by atoms with Gasteiger partial charge in [0.2, 0.25) is 5.91 Å². The predicted molar refractivity (Wildman–Crippen MR) is 79.0 cm³/mol. The minimum absolute atomic E-state index is 0.117. The van der Waals surface area contributed by atoms with Gasteiger partial charge in [0.25, 0.3) is 0 Å². The molecule has 0 fully saturated rings. The highest BCUT2D eigenvalue weighted by atomic mass is 35.5. The van der Waals surface area contributed by atoms with E-state index in [4.69, 9.17) is 58.0 Å². The largest absolute Gasteiger partial charge is 0.325 e. The van der Waals surface area contributed by atoms with E-state index in [9.17, 15) is 9.59 Å². The molecule has 1 unspecified atom stereocenters. The summed E-state index contributed by atoms with van der Waals surface area (Å²) in [5.74, 6) is -0.834. The number of alkyl halides is 2. The number of carbonyl (C=O) groups excluding carboxylic acids is 2. The SMILES string of the molecule is O=C(NC(=O)C(Cl)CCl)Nc1cc(Cl)c(Cl)cc1Cl. The molecule has 0 aliphatic rings. The smallest absolute Gasteiger partial charge is 0.306 e. The van der Waals surface area contributed by atoms with Crippen molar-refractivity contribution in [2.45, 2.75) is 5.38 Å². The Morgan fingerprint density at radius 2 is 1.68 bits per heavy atom. The molecule has 19 heavy (non-hydrogen) atoms. The van der Waals surface area contributed by atoms with Crippen LogP contribution in [-0.4, -0.2) is 23.2 Å². The van der Waals surface area contributed by atoms with E-state index in [1.165, 1.54) is 12.1 Å². The Bertz CT molecular complexity index is 509. The molecule has 1 atom stereocenters. The van der Waals surface area contributed by atoms with Crippen LogP contribution >= 0.6 is 58.0 Å². The number of carbonyl (C=O) groups is 2. The molecule has 9 heteroatoms. The first-order valence-corrected chi connectivity index (χ1v) is 6.92. The molecule has 0 spiro atoms. The quantitative estimate of drug-likeness (QED) is 0.625. The highest BCUT2D eigenvalue weighted by molar-refractivity contribution is 6.44. The van der Waals surface area contributed by atoms with Gasteiger partial charge < -0.3 is 5.32 Å². The number of imide groups is 1. The molecule has 0 saturated heterocycles. The Morgan fingerprint density at radius 3 is 2.26 bits per heavy atom. The molecule has 1 rings (SSSR count). The molecular weight excluding hydrogens is 357 g/mol. The molecule has 1 aromatic rings. The van der Waals surface area contributed by atoms with Crippen LogP contribution in [0.15, 0.2) is 12.1 Å². The van der Waals surface area contributed by atoms with E-state index in [0.29, 0.717) is 0 Å². The van der Waals surface area contributed by atoms with Crippen LogP contribution in [0.5, 0.6) is 0 Å². The van der Waals surface area contributed by atoms with Gasteiger partial charge in [0.05, 0.1) is 20.8 Å². The minimum atomic E-state index is -1.00. The second-order valence-electron chi connectivity index (χ2n) is 3.31. The normalized spacial score (nSPS) is 11.8. The van der Waals surface area contributed by atoms with E-state index in [2.05, 4.69) is 5.32 Å². The zero-order valence-electron chi connectivity index (χ0n) is 9.15. The number of rotatable bonds is 3. The highest BCUT2D eigenvalue weighted by Gasteiger charge is 2.17. The Labute approximate surface area is 134 Å². The molecule has 104 valence electrons. The van der Waals surface area contributed by atoms with Gasteiger partial charge in [0.1, 0.15) is 5.38 Å². The lowest BCUT2D eigenvalue weighted by Gasteiger charge is -2.10.